The molecule has 1 atom stereocenters. The fraction of sp³-hybridized carbons (Fsp3) is 0.438. The third kappa shape index (κ3) is 3.19. The van der Waals surface area contributed by atoms with Gasteiger partial charge in [0, 0.05) is 24.7 Å². The van der Waals surface area contributed by atoms with Crippen LogP contribution >= 0.6 is 0 Å². The van der Waals surface area contributed by atoms with Crippen molar-refractivity contribution in [3.8, 4) is 0 Å². The number of piperidine rings is 1. The summed E-state index contributed by atoms with van der Waals surface area (Å²) in [5.74, 6) is -0.138. The van der Waals surface area contributed by atoms with E-state index in [0.717, 1.165) is 24.8 Å². The van der Waals surface area contributed by atoms with Crippen LogP contribution in [0.25, 0.3) is 0 Å². The molecule has 1 N–H and O–H groups in total. The number of rotatable bonds is 3. The van der Waals surface area contributed by atoms with Crippen LogP contribution in [0, 0.1) is 6.92 Å². The number of nitrogens with one attached hydrogen (secondary N) is 1. The summed E-state index contributed by atoms with van der Waals surface area (Å²) in [5.41, 5.74) is 1.84. The van der Waals surface area contributed by atoms with E-state index in [0.29, 0.717) is 24.2 Å². The van der Waals surface area contributed by atoms with Crippen LogP contribution in [0.15, 0.2) is 29.4 Å². The van der Waals surface area contributed by atoms with Gasteiger partial charge in [0.2, 0.25) is 0 Å². The van der Waals surface area contributed by atoms with E-state index >= 15 is 0 Å². The van der Waals surface area contributed by atoms with E-state index < -0.39 is 9.84 Å². The Morgan fingerprint density at radius 3 is 2.75 bits per heavy atom. The average Bonchev–Trinajstić information content (AvgIpc) is 3.05. The van der Waals surface area contributed by atoms with Gasteiger partial charge in [0.05, 0.1) is 23.5 Å². The number of aryl methyl sites for hydroxylation is 1. The minimum Gasteiger partial charge on any atom is -0.330 e. The summed E-state index contributed by atoms with van der Waals surface area (Å²) in [7, 11) is -3.40. The van der Waals surface area contributed by atoms with E-state index in [1.165, 1.54) is 6.20 Å². The monoisotopic (exact) mass is 348 g/mol. The lowest BCUT2D eigenvalue weighted by atomic mass is 9.98. The van der Waals surface area contributed by atoms with E-state index in [1.54, 1.807) is 23.2 Å². The Morgan fingerprint density at radius 2 is 2.08 bits per heavy atom. The summed E-state index contributed by atoms with van der Waals surface area (Å²) < 4.78 is 23.9. The number of H-pyrrole nitrogens is 1. The number of amides is 1. The summed E-state index contributed by atoms with van der Waals surface area (Å²) in [5, 5.41) is 6.68. The van der Waals surface area contributed by atoms with Crippen LogP contribution in [0.3, 0.4) is 0 Å². The fourth-order valence-corrected chi connectivity index (χ4v) is 3.88. The first-order valence-corrected chi connectivity index (χ1v) is 9.74. The zero-order chi connectivity index (χ0) is 17.3. The first-order chi connectivity index (χ1) is 11.4. The van der Waals surface area contributed by atoms with E-state index in [4.69, 9.17) is 0 Å². The number of nitrogens with zero attached hydrogens (tertiary/aromatic N) is 3. The van der Waals surface area contributed by atoms with Crippen molar-refractivity contribution < 1.29 is 13.2 Å². The Balaban J connectivity index is 1.96. The third-order valence-electron chi connectivity index (χ3n) is 4.29. The second kappa shape index (κ2) is 6.35. The normalized spacial score (nSPS) is 18.6. The molecular weight excluding hydrogens is 328 g/mol. The topological polar surface area (TPSA) is 96.0 Å². The van der Waals surface area contributed by atoms with Crippen LogP contribution in [0.2, 0.25) is 0 Å². The number of aromatic nitrogens is 3. The van der Waals surface area contributed by atoms with E-state index in [2.05, 4.69) is 15.2 Å². The molecule has 0 radical (unpaired) electrons. The molecule has 7 nitrogen and oxygen atoms in total. The molecule has 1 amide bonds. The average molecular weight is 348 g/mol. The van der Waals surface area contributed by atoms with Crippen molar-refractivity contribution >= 4 is 15.7 Å². The quantitative estimate of drug-likeness (QED) is 0.914. The Bertz CT molecular complexity index is 842. The smallest absolute Gasteiger partial charge is 0.255 e. The SMILES string of the molecule is Cc1ccc(C(=O)N2CCCC[C@H]2c2[nH]ncc2S(C)(=O)=O)cn1. The molecule has 2 aromatic heterocycles. The molecule has 0 bridgehead atoms. The van der Waals surface area contributed by atoms with Crippen molar-refractivity contribution in [1.82, 2.24) is 20.1 Å². The highest BCUT2D eigenvalue weighted by molar-refractivity contribution is 7.90. The van der Waals surface area contributed by atoms with Crippen LogP contribution in [0.5, 0.6) is 0 Å². The third-order valence-corrected chi connectivity index (χ3v) is 5.41. The number of pyridine rings is 1. The molecule has 0 spiro atoms. The standard InChI is InChI=1S/C16H20N4O3S/c1-11-6-7-12(9-17-11)16(21)20-8-4-3-5-13(20)15-14(10-18-19-15)24(2,22)23/h6-7,9-10,13H,3-5,8H2,1-2H3,(H,18,19)/t13-/m0/s1. The van der Waals surface area contributed by atoms with Crippen LogP contribution < -0.4 is 0 Å². The summed E-state index contributed by atoms with van der Waals surface area (Å²) in [6.07, 6.45) is 6.56. The molecule has 2 aromatic rings. The predicted octanol–water partition coefficient (Wildman–Crippen LogP) is 1.88. The van der Waals surface area contributed by atoms with E-state index in [1.807, 2.05) is 6.92 Å². The Hall–Kier alpha value is -2.22. The highest BCUT2D eigenvalue weighted by atomic mass is 32.2. The molecule has 1 aliphatic rings. The van der Waals surface area contributed by atoms with Crippen molar-refractivity contribution in [2.45, 2.75) is 37.1 Å². The number of hydrogen-bond donors (Lipinski definition) is 1. The number of aromatic amines is 1. The number of likely N-dealkylation sites (tertiary alicyclic amines) is 1. The molecule has 3 rings (SSSR count). The number of sulfone groups is 1. The zero-order valence-electron chi connectivity index (χ0n) is 13.7. The Labute approximate surface area is 141 Å². The Kier molecular flexibility index (Phi) is 4.40. The molecule has 128 valence electrons. The molecule has 1 fully saturated rings. The largest absolute Gasteiger partial charge is 0.330 e. The molecule has 8 heteroatoms. The van der Waals surface area contributed by atoms with E-state index in [9.17, 15) is 13.2 Å². The number of carbonyl (C=O) groups excluding carboxylic acids is 1. The van der Waals surface area contributed by atoms with Gasteiger partial charge in [0.25, 0.3) is 5.91 Å². The second-order valence-corrected chi connectivity index (χ2v) is 8.10. The van der Waals surface area contributed by atoms with Gasteiger partial charge < -0.3 is 4.90 Å². The molecule has 0 aromatic carbocycles. The molecule has 0 unspecified atom stereocenters. The minimum atomic E-state index is -3.40. The molecule has 0 saturated carbocycles. The predicted molar refractivity (Wildman–Crippen MR) is 88.3 cm³/mol. The van der Waals surface area contributed by atoms with Crippen molar-refractivity contribution in [2.24, 2.45) is 0 Å². The maximum Gasteiger partial charge on any atom is 0.255 e. The number of hydrogen-bond acceptors (Lipinski definition) is 5. The molecule has 24 heavy (non-hydrogen) atoms. The van der Waals surface area contributed by atoms with Crippen molar-refractivity contribution in [3.63, 3.8) is 0 Å². The molecule has 0 aliphatic carbocycles. The molecular formula is C16H20N4O3S. The fourth-order valence-electron chi connectivity index (χ4n) is 3.05. The van der Waals surface area contributed by atoms with Crippen molar-refractivity contribution in [2.75, 3.05) is 12.8 Å². The van der Waals surface area contributed by atoms with Gasteiger partial charge in [-0.1, -0.05) is 0 Å². The van der Waals surface area contributed by atoms with Crippen molar-refractivity contribution in [3.05, 3.63) is 41.5 Å². The molecule has 1 saturated heterocycles. The summed E-state index contributed by atoms with van der Waals surface area (Å²) >= 11 is 0. The van der Waals surface area contributed by atoms with Crippen molar-refractivity contribution in [1.29, 1.82) is 0 Å². The van der Waals surface area contributed by atoms with E-state index in [-0.39, 0.29) is 16.8 Å². The summed E-state index contributed by atoms with van der Waals surface area (Å²) in [6.45, 7) is 2.44. The lowest BCUT2D eigenvalue weighted by Crippen LogP contribution is -2.39. The van der Waals surface area contributed by atoms with Gasteiger partial charge in [-0.15, -0.1) is 0 Å². The first-order valence-electron chi connectivity index (χ1n) is 7.85. The second-order valence-electron chi connectivity index (χ2n) is 6.12. The highest BCUT2D eigenvalue weighted by Gasteiger charge is 2.33. The lowest BCUT2D eigenvalue weighted by Gasteiger charge is -2.35. The van der Waals surface area contributed by atoms with Gasteiger partial charge in [-0.3, -0.25) is 14.9 Å². The van der Waals surface area contributed by atoms with Gasteiger partial charge >= 0.3 is 0 Å². The Morgan fingerprint density at radius 1 is 1.29 bits per heavy atom. The lowest BCUT2D eigenvalue weighted by molar-refractivity contribution is 0.0602. The number of carbonyl (C=O) groups is 1. The van der Waals surface area contributed by atoms with Crippen LogP contribution in [0.4, 0.5) is 0 Å². The maximum absolute atomic E-state index is 12.9. The first kappa shape index (κ1) is 16.6. The van der Waals surface area contributed by atoms with Gasteiger partial charge in [0.1, 0.15) is 4.90 Å². The zero-order valence-corrected chi connectivity index (χ0v) is 14.5. The van der Waals surface area contributed by atoms with Gasteiger partial charge in [0.15, 0.2) is 9.84 Å². The molecule has 3 heterocycles. The highest BCUT2D eigenvalue weighted by Crippen LogP contribution is 2.34. The van der Waals surface area contributed by atoms with Crippen LogP contribution in [-0.4, -0.2) is 47.2 Å². The molecule has 1 aliphatic heterocycles. The van der Waals surface area contributed by atoms with Gasteiger partial charge in [-0.25, -0.2) is 8.42 Å². The summed E-state index contributed by atoms with van der Waals surface area (Å²) in [4.78, 5) is 18.9. The van der Waals surface area contributed by atoms with Gasteiger partial charge in [-0.05, 0) is 38.3 Å². The summed E-state index contributed by atoms with van der Waals surface area (Å²) in [6, 6.07) is 3.23. The van der Waals surface area contributed by atoms with Crippen LogP contribution in [0.1, 0.15) is 47.1 Å². The maximum atomic E-state index is 12.9. The van der Waals surface area contributed by atoms with Gasteiger partial charge in [-0.2, -0.15) is 5.10 Å². The van der Waals surface area contributed by atoms with Crippen LogP contribution in [-0.2, 0) is 9.84 Å². The minimum absolute atomic E-state index is 0.138.